The monoisotopic (exact) mass is 178 g/mol. The zero-order chi connectivity index (χ0) is 9.36. The van der Waals surface area contributed by atoms with E-state index in [4.69, 9.17) is 0 Å². The SMILES string of the molecule is CCCCCCCC1C=CC=CC1. The van der Waals surface area contributed by atoms with Gasteiger partial charge in [0.25, 0.3) is 0 Å². The highest BCUT2D eigenvalue weighted by molar-refractivity contribution is 5.10. The van der Waals surface area contributed by atoms with Crippen molar-refractivity contribution < 1.29 is 0 Å². The number of hydrogen-bond acceptors (Lipinski definition) is 0. The van der Waals surface area contributed by atoms with Crippen molar-refractivity contribution in [2.75, 3.05) is 0 Å². The standard InChI is InChI=1S/C13H22/c1-2-3-4-5-7-10-13-11-8-6-9-12-13/h6,8-9,11,13H,2-5,7,10,12H2,1H3. The van der Waals surface area contributed by atoms with E-state index in [1.54, 1.807) is 0 Å². The lowest BCUT2D eigenvalue weighted by molar-refractivity contribution is 0.525. The Balaban J connectivity index is 1.93. The van der Waals surface area contributed by atoms with Gasteiger partial charge in [-0.25, -0.2) is 0 Å². The Labute approximate surface area is 82.7 Å². The van der Waals surface area contributed by atoms with Gasteiger partial charge in [-0.3, -0.25) is 0 Å². The van der Waals surface area contributed by atoms with Gasteiger partial charge in [0.2, 0.25) is 0 Å². The second kappa shape index (κ2) is 6.94. The molecule has 0 spiro atoms. The summed E-state index contributed by atoms with van der Waals surface area (Å²) in [6.07, 6.45) is 18.7. The molecule has 0 saturated heterocycles. The van der Waals surface area contributed by atoms with E-state index < -0.39 is 0 Å². The van der Waals surface area contributed by atoms with E-state index >= 15 is 0 Å². The third kappa shape index (κ3) is 4.92. The van der Waals surface area contributed by atoms with E-state index in [0.717, 1.165) is 5.92 Å². The molecule has 0 saturated carbocycles. The Morgan fingerprint density at radius 1 is 1.08 bits per heavy atom. The van der Waals surface area contributed by atoms with Crippen molar-refractivity contribution >= 4 is 0 Å². The van der Waals surface area contributed by atoms with Crippen LogP contribution in [0.15, 0.2) is 24.3 Å². The van der Waals surface area contributed by atoms with Gasteiger partial charge in [-0.1, -0.05) is 63.3 Å². The van der Waals surface area contributed by atoms with Gasteiger partial charge < -0.3 is 0 Å². The molecule has 0 N–H and O–H groups in total. The van der Waals surface area contributed by atoms with Gasteiger partial charge in [0.05, 0.1) is 0 Å². The minimum Gasteiger partial charge on any atom is -0.0840 e. The smallest absolute Gasteiger partial charge is 0.0196 e. The second-order valence-electron chi connectivity index (χ2n) is 4.01. The highest BCUT2D eigenvalue weighted by Crippen LogP contribution is 2.19. The number of allylic oxidation sites excluding steroid dienone is 4. The molecule has 74 valence electrons. The van der Waals surface area contributed by atoms with Crippen LogP contribution < -0.4 is 0 Å². The van der Waals surface area contributed by atoms with Crippen LogP contribution in [0.25, 0.3) is 0 Å². The van der Waals surface area contributed by atoms with Crippen LogP contribution in [-0.2, 0) is 0 Å². The van der Waals surface area contributed by atoms with Gasteiger partial charge in [0, 0.05) is 0 Å². The van der Waals surface area contributed by atoms with Crippen LogP contribution >= 0.6 is 0 Å². The van der Waals surface area contributed by atoms with Crippen molar-refractivity contribution in [1.82, 2.24) is 0 Å². The Bertz CT molecular complexity index is 165. The molecular weight excluding hydrogens is 156 g/mol. The Hall–Kier alpha value is -0.520. The van der Waals surface area contributed by atoms with Crippen LogP contribution in [-0.4, -0.2) is 0 Å². The molecule has 0 heterocycles. The summed E-state index contributed by atoms with van der Waals surface area (Å²) in [5, 5.41) is 0. The topological polar surface area (TPSA) is 0 Å². The molecule has 0 heteroatoms. The summed E-state index contributed by atoms with van der Waals surface area (Å²) >= 11 is 0. The van der Waals surface area contributed by atoms with E-state index in [9.17, 15) is 0 Å². The first-order valence-corrected chi connectivity index (χ1v) is 5.77. The highest BCUT2D eigenvalue weighted by atomic mass is 14.1. The van der Waals surface area contributed by atoms with Gasteiger partial charge in [0.1, 0.15) is 0 Å². The zero-order valence-electron chi connectivity index (χ0n) is 8.84. The molecule has 0 radical (unpaired) electrons. The Morgan fingerprint density at radius 3 is 2.62 bits per heavy atom. The fraction of sp³-hybridized carbons (Fsp3) is 0.692. The molecule has 0 aromatic carbocycles. The maximum Gasteiger partial charge on any atom is -0.0196 e. The molecule has 0 aromatic rings. The van der Waals surface area contributed by atoms with Gasteiger partial charge >= 0.3 is 0 Å². The number of hydrogen-bond donors (Lipinski definition) is 0. The maximum absolute atomic E-state index is 2.36. The van der Waals surface area contributed by atoms with Crippen molar-refractivity contribution in [1.29, 1.82) is 0 Å². The number of rotatable bonds is 6. The summed E-state index contributed by atoms with van der Waals surface area (Å²) in [7, 11) is 0. The average molecular weight is 178 g/mol. The van der Waals surface area contributed by atoms with E-state index in [0.29, 0.717) is 0 Å². The predicted octanol–water partition coefficient (Wildman–Crippen LogP) is 4.48. The molecular formula is C13H22. The summed E-state index contributed by atoms with van der Waals surface area (Å²) in [5.41, 5.74) is 0. The molecule has 1 rings (SSSR count). The highest BCUT2D eigenvalue weighted by Gasteiger charge is 2.03. The first kappa shape index (κ1) is 10.6. The molecule has 0 amide bonds. The van der Waals surface area contributed by atoms with E-state index in [1.165, 1.54) is 44.9 Å². The largest absolute Gasteiger partial charge is 0.0840 e. The molecule has 13 heavy (non-hydrogen) atoms. The van der Waals surface area contributed by atoms with Crippen LogP contribution in [0.2, 0.25) is 0 Å². The lowest BCUT2D eigenvalue weighted by Gasteiger charge is -2.11. The summed E-state index contributed by atoms with van der Waals surface area (Å²) in [4.78, 5) is 0. The predicted molar refractivity (Wildman–Crippen MR) is 59.8 cm³/mol. The van der Waals surface area contributed by atoms with Crippen LogP contribution in [0, 0.1) is 5.92 Å². The summed E-state index contributed by atoms with van der Waals surface area (Å²) in [6.45, 7) is 2.27. The fourth-order valence-electron chi connectivity index (χ4n) is 1.86. The molecule has 0 nitrogen and oxygen atoms in total. The molecule has 0 fully saturated rings. The van der Waals surface area contributed by atoms with Crippen LogP contribution in [0.1, 0.15) is 51.9 Å². The fourth-order valence-corrected chi connectivity index (χ4v) is 1.86. The van der Waals surface area contributed by atoms with Gasteiger partial charge in [0.15, 0.2) is 0 Å². The molecule has 1 aliphatic carbocycles. The van der Waals surface area contributed by atoms with Crippen molar-refractivity contribution in [2.45, 2.75) is 51.9 Å². The third-order valence-electron chi connectivity index (χ3n) is 2.75. The van der Waals surface area contributed by atoms with E-state index in [2.05, 4.69) is 31.2 Å². The molecule has 0 aliphatic heterocycles. The van der Waals surface area contributed by atoms with Gasteiger partial charge in [-0.2, -0.15) is 0 Å². The van der Waals surface area contributed by atoms with E-state index in [-0.39, 0.29) is 0 Å². The van der Waals surface area contributed by atoms with Crippen LogP contribution in [0.3, 0.4) is 0 Å². The second-order valence-corrected chi connectivity index (χ2v) is 4.01. The quantitative estimate of drug-likeness (QED) is 0.526. The Kier molecular flexibility index (Phi) is 5.64. The number of unbranched alkanes of at least 4 members (excludes halogenated alkanes) is 4. The molecule has 1 aliphatic rings. The lowest BCUT2D eigenvalue weighted by atomic mass is 9.94. The maximum atomic E-state index is 2.36. The summed E-state index contributed by atoms with van der Waals surface area (Å²) < 4.78 is 0. The minimum atomic E-state index is 0.839. The zero-order valence-corrected chi connectivity index (χ0v) is 8.84. The third-order valence-corrected chi connectivity index (χ3v) is 2.75. The Morgan fingerprint density at radius 2 is 1.92 bits per heavy atom. The molecule has 0 aromatic heterocycles. The van der Waals surface area contributed by atoms with Crippen LogP contribution in [0.5, 0.6) is 0 Å². The molecule has 0 bridgehead atoms. The average Bonchev–Trinajstić information content (AvgIpc) is 2.19. The first-order chi connectivity index (χ1) is 6.43. The van der Waals surface area contributed by atoms with Crippen LogP contribution in [0.4, 0.5) is 0 Å². The normalized spacial score (nSPS) is 20.8. The summed E-state index contributed by atoms with van der Waals surface area (Å²) in [6, 6.07) is 0. The van der Waals surface area contributed by atoms with E-state index in [1.807, 2.05) is 0 Å². The minimum absolute atomic E-state index is 0.839. The van der Waals surface area contributed by atoms with Crippen molar-refractivity contribution in [3.63, 3.8) is 0 Å². The molecule has 1 atom stereocenters. The lowest BCUT2D eigenvalue weighted by Crippen LogP contribution is -1.97. The molecule has 1 unspecified atom stereocenters. The summed E-state index contributed by atoms with van der Waals surface area (Å²) in [5.74, 6) is 0.839. The van der Waals surface area contributed by atoms with Crippen molar-refractivity contribution in [3.8, 4) is 0 Å². The van der Waals surface area contributed by atoms with Crippen molar-refractivity contribution in [2.24, 2.45) is 5.92 Å². The van der Waals surface area contributed by atoms with Crippen molar-refractivity contribution in [3.05, 3.63) is 24.3 Å². The first-order valence-electron chi connectivity index (χ1n) is 5.77. The van der Waals surface area contributed by atoms with Gasteiger partial charge in [-0.05, 0) is 18.8 Å². The van der Waals surface area contributed by atoms with Gasteiger partial charge in [-0.15, -0.1) is 0 Å².